The van der Waals surface area contributed by atoms with Crippen LogP contribution in [0.2, 0.25) is 0 Å². The molecule has 1 N–H and O–H groups in total. The molecule has 3 aromatic rings. The van der Waals surface area contributed by atoms with Gasteiger partial charge in [-0.1, -0.05) is 36.4 Å². The molecule has 0 bridgehead atoms. The summed E-state index contributed by atoms with van der Waals surface area (Å²) in [5.74, 6) is -0.186. The molecule has 1 amide bonds. The van der Waals surface area contributed by atoms with E-state index in [1.807, 2.05) is 42.5 Å². The minimum atomic E-state index is -3.92. The zero-order chi connectivity index (χ0) is 21.1. The maximum Gasteiger partial charge on any atom is 0.268 e. The molecule has 0 atom stereocenters. The van der Waals surface area contributed by atoms with Gasteiger partial charge in [-0.05, 0) is 54.8 Å². The number of para-hydroxylation sites is 2. The highest BCUT2D eigenvalue weighted by Crippen LogP contribution is 2.35. The third-order valence-corrected chi connectivity index (χ3v) is 6.93. The van der Waals surface area contributed by atoms with Crippen molar-refractivity contribution >= 4 is 27.3 Å². The van der Waals surface area contributed by atoms with Crippen molar-refractivity contribution in [3.8, 4) is 5.75 Å². The number of methoxy groups -OCH3 is 1. The van der Waals surface area contributed by atoms with E-state index in [-0.39, 0.29) is 22.1 Å². The summed E-state index contributed by atoms with van der Waals surface area (Å²) in [5, 5.41) is 2.78. The highest BCUT2D eigenvalue weighted by Gasteiger charge is 2.32. The zero-order valence-corrected chi connectivity index (χ0v) is 17.4. The van der Waals surface area contributed by atoms with Gasteiger partial charge in [0.25, 0.3) is 15.9 Å². The van der Waals surface area contributed by atoms with E-state index in [0.717, 1.165) is 18.4 Å². The molecule has 7 heteroatoms. The van der Waals surface area contributed by atoms with Gasteiger partial charge >= 0.3 is 0 Å². The van der Waals surface area contributed by atoms with Crippen molar-refractivity contribution in [3.05, 3.63) is 83.9 Å². The summed E-state index contributed by atoms with van der Waals surface area (Å²) in [6.45, 7) is 0.378. The van der Waals surface area contributed by atoms with Crippen molar-refractivity contribution < 1.29 is 17.9 Å². The van der Waals surface area contributed by atoms with Gasteiger partial charge in [-0.25, -0.2) is 8.42 Å². The predicted octanol–water partition coefficient (Wildman–Crippen LogP) is 4.09. The second-order valence-corrected chi connectivity index (χ2v) is 8.83. The van der Waals surface area contributed by atoms with Crippen LogP contribution in [0.4, 0.5) is 11.4 Å². The van der Waals surface area contributed by atoms with E-state index in [2.05, 4.69) is 5.32 Å². The minimum absolute atomic E-state index is 0.0255. The Labute approximate surface area is 176 Å². The maximum absolute atomic E-state index is 13.6. The average molecular weight is 423 g/mol. The lowest BCUT2D eigenvalue weighted by Crippen LogP contribution is -2.35. The SMILES string of the molecule is COc1ccc(C(=O)Nc2ccccc2)cc1S(=O)(=O)N1CCCc2ccccc21. The lowest BCUT2D eigenvalue weighted by molar-refractivity contribution is 0.102. The molecular weight excluding hydrogens is 400 g/mol. The number of hydrogen-bond donors (Lipinski definition) is 1. The van der Waals surface area contributed by atoms with Gasteiger partial charge in [0.1, 0.15) is 10.6 Å². The van der Waals surface area contributed by atoms with Crippen molar-refractivity contribution in [1.29, 1.82) is 0 Å². The molecule has 0 unspecified atom stereocenters. The van der Waals surface area contributed by atoms with Gasteiger partial charge in [0, 0.05) is 17.8 Å². The number of sulfonamides is 1. The number of ether oxygens (including phenoxy) is 1. The summed E-state index contributed by atoms with van der Waals surface area (Å²) < 4.78 is 33.9. The summed E-state index contributed by atoms with van der Waals surface area (Å²) in [4.78, 5) is 12.7. The minimum Gasteiger partial charge on any atom is -0.495 e. The molecule has 0 saturated carbocycles. The number of anilines is 2. The van der Waals surface area contributed by atoms with Crippen molar-refractivity contribution in [2.24, 2.45) is 0 Å². The molecule has 154 valence electrons. The Morgan fingerprint density at radius 1 is 1.00 bits per heavy atom. The van der Waals surface area contributed by atoms with Crippen LogP contribution >= 0.6 is 0 Å². The van der Waals surface area contributed by atoms with Gasteiger partial charge in [0.05, 0.1) is 12.8 Å². The average Bonchev–Trinajstić information content (AvgIpc) is 2.78. The van der Waals surface area contributed by atoms with Crippen molar-refractivity contribution in [1.82, 2.24) is 0 Å². The zero-order valence-electron chi connectivity index (χ0n) is 16.5. The topological polar surface area (TPSA) is 75.7 Å². The standard InChI is InChI=1S/C23H22N2O4S/c1-29-21-14-13-18(23(26)24-19-10-3-2-4-11-19)16-22(21)30(27,28)25-15-7-9-17-8-5-6-12-20(17)25/h2-6,8,10-14,16H,7,9,15H2,1H3,(H,24,26). The highest BCUT2D eigenvalue weighted by atomic mass is 32.2. The highest BCUT2D eigenvalue weighted by molar-refractivity contribution is 7.93. The van der Waals surface area contributed by atoms with Crippen LogP contribution in [0.15, 0.2) is 77.7 Å². The fourth-order valence-electron chi connectivity index (χ4n) is 3.61. The largest absolute Gasteiger partial charge is 0.495 e. The number of hydrogen-bond acceptors (Lipinski definition) is 4. The van der Waals surface area contributed by atoms with E-state index >= 15 is 0 Å². The van der Waals surface area contributed by atoms with Gasteiger partial charge in [-0.3, -0.25) is 9.10 Å². The first-order valence-electron chi connectivity index (χ1n) is 9.66. The molecule has 0 saturated heterocycles. The molecular formula is C23H22N2O4S. The fourth-order valence-corrected chi connectivity index (χ4v) is 5.34. The Hall–Kier alpha value is -3.32. The smallest absolute Gasteiger partial charge is 0.268 e. The van der Waals surface area contributed by atoms with Crippen LogP contribution in [0.3, 0.4) is 0 Å². The first-order chi connectivity index (χ1) is 14.5. The van der Waals surface area contributed by atoms with E-state index in [0.29, 0.717) is 17.9 Å². The fraction of sp³-hybridized carbons (Fsp3) is 0.174. The third-order valence-electron chi connectivity index (χ3n) is 5.09. The number of carbonyl (C=O) groups excluding carboxylic acids is 1. The predicted molar refractivity (Wildman–Crippen MR) is 117 cm³/mol. The Morgan fingerprint density at radius 3 is 2.50 bits per heavy atom. The van der Waals surface area contributed by atoms with Crippen LogP contribution in [0.5, 0.6) is 5.75 Å². The molecule has 1 aliphatic rings. The summed E-state index contributed by atoms with van der Waals surface area (Å²) >= 11 is 0. The van der Waals surface area contributed by atoms with Crippen LogP contribution in [-0.4, -0.2) is 28.0 Å². The van der Waals surface area contributed by atoms with Crippen LogP contribution < -0.4 is 14.4 Å². The third kappa shape index (κ3) is 3.76. The quantitative estimate of drug-likeness (QED) is 0.672. The molecule has 0 fully saturated rings. The molecule has 0 aromatic heterocycles. The number of benzene rings is 3. The lowest BCUT2D eigenvalue weighted by Gasteiger charge is -2.31. The number of carbonyl (C=O) groups is 1. The Kier molecular flexibility index (Phi) is 5.46. The van der Waals surface area contributed by atoms with E-state index in [1.165, 1.54) is 23.5 Å². The number of rotatable bonds is 5. The molecule has 30 heavy (non-hydrogen) atoms. The number of aryl methyl sites for hydroxylation is 1. The summed E-state index contributed by atoms with van der Waals surface area (Å²) in [6, 6.07) is 20.9. The molecule has 1 heterocycles. The summed E-state index contributed by atoms with van der Waals surface area (Å²) in [5.41, 5.74) is 2.53. The molecule has 4 rings (SSSR count). The number of amides is 1. The van der Waals surface area contributed by atoms with Gasteiger partial charge < -0.3 is 10.1 Å². The molecule has 1 aliphatic heterocycles. The van der Waals surface area contributed by atoms with E-state index in [4.69, 9.17) is 4.74 Å². The molecule has 6 nitrogen and oxygen atoms in total. The maximum atomic E-state index is 13.6. The Bertz CT molecular complexity index is 1180. The second-order valence-electron chi connectivity index (χ2n) is 7.00. The first-order valence-corrected chi connectivity index (χ1v) is 11.1. The van der Waals surface area contributed by atoms with Gasteiger partial charge in [0.15, 0.2) is 0 Å². The lowest BCUT2D eigenvalue weighted by atomic mass is 10.0. The Balaban J connectivity index is 1.73. The molecule has 3 aromatic carbocycles. The van der Waals surface area contributed by atoms with Crippen LogP contribution in [0, 0.1) is 0 Å². The summed E-state index contributed by atoms with van der Waals surface area (Å²) in [7, 11) is -2.50. The van der Waals surface area contributed by atoms with Crippen molar-refractivity contribution in [2.45, 2.75) is 17.7 Å². The van der Waals surface area contributed by atoms with Crippen LogP contribution in [0.25, 0.3) is 0 Å². The van der Waals surface area contributed by atoms with E-state index in [9.17, 15) is 13.2 Å². The number of nitrogens with zero attached hydrogens (tertiary/aromatic N) is 1. The van der Waals surface area contributed by atoms with Crippen LogP contribution in [0.1, 0.15) is 22.3 Å². The Morgan fingerprint density at radius 2 is 1.73 bits per heavy atom. The number of nitrogens with one attached hydrogen (secondary N) is 1. The molecule has 0 spiro atoms. The second kappa shape index (κ2) is 8.20. The van der Waals surface area contributed by atoms with Gasteiger partial charge in [-0.2, -0.15) is 0 Å². The van der Waals surface area contributed by atoms with Crippen molar-refractivity contribution in [3.63, 3.8) is 0 Å². The monoisotopic (exact) mass is 422 g/mol. The molecule has 0 radical (unpaired) electrons. The molecule has 0 aliphatic carbocycles. The van der Waals surface area contributed by atoms with E-state index in [1.54, 1.807) is 18.2 Å². The van der Waals surface area contributed by atoms with Gasteiger partial charge in [-0.15, -0.1) is 0 Å². The van der Waals surface area contributed by atoms with Crippen LogP contribution in [-0.2, 0) is 16.4 Å². The number of fused-ring (bicyclic) bond motifs is 1. The first kappa shape index (κ1) is 20.0. The van der Waals surface area contributed by atoms with Crippen molar-refractivity contribution in [2.75, 3.05) is 23.3 Å². The van der Waals surface area contributed by atoms with E-state index < -0.39 is 10.0 Å². The normalized spacial score (nSPS) is 13.4. The summed E-state index contributed by atoms with van der Waals surface area (Å²) in [6.07, 6.45) is 1.56. The van der Waals surface area contributed by atoms with Gasteiger partial charge in [0.2, 0.25) is 0 Å².